The quantitative estimate of drug-likeness (QED) is 0.683. The minimum absolute atomic E-state index is 0.0432. The van der Waals surface area contributed by atoms with E-state index in [1.807, 2.05) is 0 Å². The van der Waals surface area contributed by atoms with E-state index in [2.05, 4.69) is 14.9 Å². The first-order chi connectivity index (χ1) is 7.63. The summed E-state index contributed by atoms with van der Waals surface area (Å²) in [7, 11) is -3.47. The van der Waals surface area contributed by atoms with Crippen LogP contribution in [0.15, 0.2) is 17.3 Å². The van der Waals surface area contributed by atoms with Crippen molar-refractivity contribution in [3.8, 4) is 0 Å². The van der Waals surface area contributed by atoms with E-state index in [-0.39, 0.29) is 17.0 Å². The molecule has 0 spiro atoms. The molecule has 2 unspecified atom stereocenters. The molecule has 0 amide bonds. The third-order valence-electron chi connectivity index (χ3n) is 3.03. The van der Waals surface area contributed by atoms with Crippen LogP contribution in [0.25, 0.3) is 0 Å². The lowest BCUT2D eigenvalue weighted by atomic mass is 10.1. The molecule has 2 atom stereocenters. The van der Waals surface area contributed by atoms with Gasteiger partial charge in [0, 0.05) is 6.04 Å². The maximum Gasteiger partial charge on any atom is 0.257 e. The summed E-state index contributed by atoms with van der Waals surface area (Å²) in [6, 6.07) is 1.40. The predicted octanol–water partition coefficient (Wildman–Crippen LogP) is -0.185. The van der Waals surface area contributed by atoms with Crippen molar-refractivity contribution >= 4 is 10.0 Å². The molecule has 1 aromatic rings. The van der Waals surface area contributed by atoms with Gasteiger partial charge in [-0.2, -0.15) is 5.10 Å². The lowest BCUT2D eigenvalue weighted by Gasteiger charge is -2.18. The van der Waals surface area contributed by atoms with Crippen molar-refractivity contribution in [3.63, 3.8) is 0 Å². The fraction of sp³-hybridized carbons (Fsp3) is 0.667. The van der Waals surface area contributed by atoms with Gasteiger partial charge in [0.25, 0.3) is 10.0 Å². The molecule has 0 radical (unpaired) electrons. The molecular weight excluding hydrogens is 228 g/mol. The second-order valence-corrected chi connectivity index (χ2v) is 5.76. The van der Waals surface area contributed by atoms with Crippen LogP contribution in [0.1, 0.15) is 19.3 Å². The summed E-state index contributed by atoms with van der Waals surface area (Å²) < 4.78 is 26.5. The molecule has 1 saturated carbocycles. The second-order valence-electron chi connectivity index (χ2n) is 4.08. The molecule has 1 aromatic heterocycles. The number of rotatable bonds is 4. The summed E-state index contributed by atoms with van der Waals surface area (Å²) in [6.45, 7) is 0.524. The average Bonchev–Trinajstić information content (AvgIpc) is 2.86. The number of aromatic nitrogens is 2. The Morgan fingerprint density at radius 3 is 3.00 bits per heavy atom. The highest BCUT2D eigenvalue weighted by atomic mass is 32.2. The van der Waals surface area contributed by atoms with Gasteiger partial charge in [0.15, 0.2) is 5.03 Å². The number of hydrogen-bond donors (Lipinski definition) is 3. The number of aromatic amines is 1. The molecule has 1 heterocycles. The van der Waals surface area contributed by atoms with E-state index in [1.165, 1.54) is 12.3 Å². The van der Waals surface area contributed by atoms with Crippen LogP contribution in [0.5, 0.6) is 0 Å². The zero-order valence-corrected chi connectivity index (χ0v) is 9.70. The van der Waals surface area contributed by atoms with E-state index in [1.54, 1.807) is 0 Å². The van der Waals surface area contributed by atoms with Gasteiger partial charge in [-0.3, -0.25) is 5.10 Å². The Hall–Kier alpha value is -0.920. The Morgan fingerprint density at radius 1 is 1.56 bits per heavy atom. The molecule has 16 heavy (non-hydrogen) atoms. The fourth-order valence-corrected chi connectivity index (χ4v) is 3.38. The van der Waals surface area contributed by atoms with Gasteiger partial charge in [-0.1, -0.05) is 6.42 Å². The van der Waals surface area contributed by atoms with Gasteiger partial charge in [0.1, 0.15) is 0 Å². The maximum absolute atomic E-state index is 11.9. The minimum Gasteiger partial charge on any atom is -0.330 e. The zero-order valence-electron chi connectivity index (χ0n) is 8.89. The van der Waals surface area contributed by atoms with E-state index in [0.29, 0.717) is 6.54 Å². The maximum atomic E-state index is 11.9. The van der Waals surface area contributed by atoms with Crippen LogP contribution in [-0.4, -0.2) is 31.2 Å². The lowest BCUT2D eigenvalue weighted by Crippen LogP contribution is -2.39. The molecule has 2 rings (SSSR count). The zero-order chi connectivity index (χ0) is 11.6. The van der Waals surface area contributed by atoms with Crippen molar-refractivity contribution in [2.45, 2.75) is 30.3 Å². The molecule has 4 N–H and O–H groups in total. The number of hydrogen-bond acceptors (Lipinski definition) is 4. The van der Waals surface area contributed by atoms with Crippen LogP contribution < -0.4 is 10.5 Å². The topological polar surface area (TPSA) is 101 Å². The molecule has 90 valence electrons. The minimum atomic E-state index is -3.47. The number of nitrogens with two attached hydrogens (primary N) is 1. The average molecular weight is 244 g/mol. The molecule has 7 heteroatoms. The Kier molecular flexibility index (Phi) is 3.27. The predicted molar refractivity (Wildman–Crippen MR) is 59.1 cm³/mol. The van der Waals surface area contributed by atoms with E-state index >= 15 is 0 Å². The molecular formula is C9H16N4O2S. The van der Waals surface area contributed by atoms with Gasteiger partial charge in [-0.15, -0.1) is 0 Å². The van der Waals surface area contributed by atoms with E-state index in [0.717, 1.165) is 19.3 Å². The van der Waals surface area contributed by atoms with Crippen molar-refractivity contribution < 1.29 is 8.42 Å². The summed E-state index contributed by atoms with van der Waals surface area (Å²) in [5.74, 6) is 0.248. The van der Waals surface area contributed by atoms with Crippen molar-refractivity contribution in [2.75, 3.05) is 6.54 Å². The van der Waals surface area contributed by atoms with E-state index in [9.17, 15) is 8.42 Å². The normalized spacial score (nSPS) is 26.1. The highest BCUT2D eigenvalue weighted by Crippen LogP contribution is 2.25. The summed E-state index contributed by atoms with van der Waals surface area (Å²) in [6.07, 6.45) is 4.30. The van der Waals surface area contributed by atoms with Crippen molar-refractivity contribution in [2.24, 2.45) is 11.7 Å². The van der Waals surface area contributed by atoms with Crippen LogP contribution in [-0.2, 0) is 10.0 Å². The van der Waals surface area contributed by atoms with Crippen LogP contribution in [0.4, 0.5) is 0 Å². The summed E-state index contributed by atoms with van der Waals surface area (Å²) in [5, 5.41) is 6.19. The smallest absolute Gasteiger partial charge is 0.257 e. The lowest BCUT2D eigenvalue weighted by molar-refractivity contribution is 0.452. The highest BCUT2D eigenvalue weighted by Gasteiger charge is 2.30. The van der Waals surface area contributed by atoms with Gasteiger partial charge in [-0.25, -0.2) is 13.1 Å². The Labute approximate surface area is 94.7 Å². The monoisotopic (exact) mass is 244 g/mol. The number of nitrogens with one attached hydrogen (secondary N) is 2. The molecule has 1 aliphatic carbocycles. The van der Waals surface area contributed by atoms with Crippen molar-refractivity contribution in [3.05, 3.63) is 12.3 Å². The Bertz CT molecular complexity index is 428. The van der Waals surface area contributed by atoms with Gasteiger partial charge in [0.05, 0.1) is 6.20 Å². The van der Waals surface area contributed by atoms with Crippen molar-refractivity contribution in [1.82, 2.24) is 14.9 Å². The van der Waals surface area contributed by atoms with Crippen LogP contribution in [0.2, 0.25) is 0 Å². The van der Waals surface area contributed by atoms with Gasteiger partial charge >= 0.3 is 0 Å². The molecule has 0 aliphatic heterocycles. The first-order valence-electron chi connectivity index (χ1n) is 5.35. The molecule has 6 nitrogen and oxygen atoms in total. The van der Waals surface area contributed by atoms with Gasteiger partial charge in [0.2, 0.25) is 0 Å². The van der Waals surface area contributed by atoms with E-state index in [4.69, 9.17) is 5.73 Å². The second kappa shape index (κ2) is 4.52. The number of sulfonamides is 1. The fourth-order valence-electron chi connectivity index (χ4n) is 2.13. The summed E-state index contributed by atoms with van der Waals surface area (Å²) >= 11 is 0. The first-order valence-corrected chi connectivity index (χ1v) is 6.83. The third kappa shape index (κ3) is 2.26. The van der Waals surface area contributed by atoms with Crippen LogP contribution in [0, 0.1) is 5.92 Å². The molecule has 1 fully saturated rings. The first kappa shape index (κ1) is 11.6. The highest BCUT2D eigenvalue weighted by molar-refractivity contribution is 7.89. The Morgan fingerprint density at radius 2 is 2.38 bits per heavy atom. The number of H-pyrrole nitrogens is 1. The van der Waals surface area contributed by atoms with Crippen molar-refractivity contribution in [1.29, 1.82) is 0 Å². The van der Waals surface area contributed by atoms with Crippen LogP contribution in [0.3, 0.4) is 0 Å². The molecule has 0 saturated heterocycles. The largest absolute Gasteiger partial charge is 0.330 e. The molecule has 1 aliphatic rings. The Balaban J connectivity index is 2.10. The third-order valence-corrected chi connectivity index (χ3v) is 4.45. The summed E-state index contributed by atoms with van der Waals surface area (Å²) in [4.78, 5) is 0. The number of nitrogens with zero attached hydrogens (tertiary/aromatic N) is 1. The molecule has 0 aromatic carbocycles. The standard InChI is InChI=1S/C9H16N4O2S/c10-6-7-2-1-3-8(7)13-16(14,15)9-4-5-11-12-9/h4-5,7-8,13H,1-3,6,10H2,(H,11,12). The van der Waals surface area contributed by atoms with Gasteiger partial charge in [-0.05, 0) is 31.4 Å². The summed E-state index contributed by atoms with van der Waals surface area (Å²) in [5.41, 5.74) is 5.61. The SMILES string of the molecule is NCC1CCCC1NS(=O)(=O)c1ccn[nH]1. The molecule has 0 bridgehead atoms. The van der Waals surface area contributed by atoms with Gasteiger partial charge < -0.3 is 5.73 Å². The van der Waals surface area contributed by atoms with Crippen LogP contribution >= 0.6 is 0 Å². The van der Waals surface area contributed by atoms with E-state index < -0.39 is 10.0 Å².